The fraction of sp³-hybridized carbons (Fsp3) is 0.900. The Kier molecular flexibility index (Phi) is 7.99. The fourth-order valence-corrected chi connectivity index (χ4v) is 2.07. The van der Waals surface area contributed by atoms with Gasteiger partial charge in [-0.25, -0.2) is 0 Å². The monoisotopic (exact) mass is 218 g/mol. The number of nitrogens with two attached hydrogens (primary N) is 1. The lowest BCUT2D eigenvalue weighted by molar-refractivity contribution is -0.128. The van der Waals surface area contributed by atoms with E-state index in [4.69, 9.17) is 5.73 Å². The van der Waals surface area contributed by atoms with Gasteiger partial charge in [0, 0.05) is 25.8 Å². The van der Waals surface area contributed by atoms with E-state index in [2.05, 4.69) is 6.92 Å². The molecule has 1 amide bonds. The molecular formula is C10H22N2OS. The maximum absolute atomic E-state index is 11.2. The summed E-state index contributed by atoms with van der Waals surface area (Å²) >= 11 is 1.90. The quantitative estimate of drug-likeness (QED) is 0.656. The molecule has 0 spiro atoms. The standard InChI is InChI=1S/C10H22N2OS/c1-9(6-7-11)14-8-4-5-10(13)12(2)3/h9H,4-8,11H2,1-3H3. The third kappa shape index (κ3) is 7.21. The number of thioether (sulfide) groups is 1. The maximum atomic E-state index is 11.2. The average molecular weight is 218 g/mol. The van der Waals surface area contributed by atoms with Gasteiger partial charge in [0.25, 0.3) is 0 Å². The van der Waals surface area contributed by atoms with Gasteiger partial charge in [0.2, 0.25) is 5.91 Å². The number of nitrogens with zero attached hydrogens (tertiary/aromatic N) is 1. The van der Waals surface area contributed by atoms with E-state index >= 15 is 0 Å². The number of hydrogen-bond acceptors (Lipinski definition) is 3. The summed E-state index contributed by atoms with van der Waals surface area (Å²) in [7, 11) is 3.60. The van der Waals surface area contributed by atoms with Crippen molar-refractivity contribution in [1.29, 1.82) is 0 Å². The molecule has 14 heavy (non-hydrogen) atoms. The van der Waals surface area contributed by atoms with Gasteiger partial charge in [-0.15, -0.1) is 0 Å². The number of hydrogen-bond donors (Lipinski definition) is 1. The van der Waals surface area contributed by atoms with Crippen LogP contribution in [0.15, 0.2) is 0 Å². The Hall–Kier alpha value is -0.220. The topological polar surface area (TPSA) is 46.3 Å². The van der Waals surface area contributed by atoms with Crippen LogP contribution < -0.4 is 5.73 Å². The van der Waals surface area contributed by atoms with Crippen LogP contribution in [0.1, 0.15) is 26.2 Å². The third-order valence-electron chi connectivity index (χ3n) is 2.01. The van der Waals surface area contributed by atoms with Gasteiger partial charge in [-0.1, -0.05) is 6.92 Å². The summed E-state index contributed by atoms with van der Waals surface area (Å²) in [6, 6.07) is 0. The summed E-state index contributed by atoms with van der Waals surface area (Å²) in [6.07, 6.45) is 2.69. The number of carbonyl (C=O) groups excluding carboxylic acids is 1. The molecule has 0 rings (SSSR count). The Morgan fingerprint density at radius 3 is 2.64 bits per heavy atom. The summed E-state index contributed by atoms with van der Waals surface area (Å²) in [5.41, 5.74) is 5.45. The number of rotatable bonds is 7. The SMILES string of the molecule is CC(CCN)SCCCC(=O)N(C)C. The highest BCUT2D eigenvalue weighted by atomic mass is 32.2. The van der Waals surface area contributed by atoms with Gasteiger partial charge in [0.15, 0.2) is 0 Å². The summed E-state index contributed by atoms with van der Waals surface area (Å²) in [5, 5.41) is 0.620. The summed E-state index contributed by atoms with van der Waals surface area (Å²) in [6.45, 7) is 2.94. The van der Waals surface area contributed by atoms with Crippen LogP contribution >= 0.6 is 11.8 Å². The number of carbonyl (C=O) groups is 1. The molecule has 3 nitrogen and oxygen atoms in total. The first-order chi connectivity index (χ1) is 6.57. The van der Waals surface area contributed by atoms with Gasteiger partial charge in [0.05, 0.1) is 0 Å². The molecule has 0 aliphatic heterocycles. The van der Waals surface area contributed by atoms with Crippen molar-refractivity contribution >= 4 is 17.7 Å². The van der Waals surface area contributed by atoms with Crippen LogP contribution in [-0.4, -0.2) is 42.4 Å². The van der Waals surface area contributed by atoms with Crippen LogP contribution in [0.5, 0.6) is 0 Å². The van der Waals surface area contributed by atoms with Gasteiger partial charge in [-0.2, -0.15) is 11.8 Å². The van der Waals surface area contributed by atoms with E-state index in [1.54, 1.807) is 19.0 Å². The van der Waals surface area contributed by atoms with Crippen molar-refractivity contribution in [3.05, 3.63) is 0 Å². The lowest BCUT2D eigenvalue weighted by Crippen LogP contribution is -2.21. The van der Waals surface area contributed by atoms with Crippen molar-refractivity contribution in [2.45, 2.75) is 31.4 Å². The molecule has 0 aromatic heterocycles. The molecule has 0 aromatic carbocycles. The zero-order valence-corrected chi connectivity index (χ0v) is 10.3. The van der Waals surface area contributed by atoms with E-state index in [0.29, 0.717) is 11.7 Å². The highest BCUT2D eigenvalue weighted by molar-refractivity contribution is 7.99. The Bertz CT molecular complexity index is 162. The second-order valence-electron chi connectivity index (χ2n) is 3.65. The third-order valence-corrected chi connectivity index (χ3v) is 3.34. The Labute approximate surface area is 91.4 Å². The van der Waals surface area contributed by atoms with Gasteiger partial charge in [-0.05, 0) is 25.1 Å². The van der Waals surface area contributed by atoms with E-state index in [9.17, 15) is 4.79 Å². The zero-order valence-electron chi connectivity index (χ0n) is 9.45. The van der Waals surface area contributed by atoms with Crippen LogP contribution in [0.4, 0.5) is 0 Å². The van der Waals surface area contributed by atoms with Crippen LogP contribution in [-0.2, 0) is 4.79 Å². The molecule has 0 saturated heterocycles. The van der Waals surface area contributed by atoms with E-state index in [0.717, 1.165) is 25.1 Å². The molecule has 0 bridgehead atoms. The molecule has 0 aliphatic carbocycles. The Balaban J connectivity index is 3.33. The normalized spacial score (nSPS) is 12.6. The first-order valence-corrected chi connectivity index (χ1v) is 6.14. The molecule has 0 saturated carbocycles. The molecule has 1 unspecified atom stereocenters. The predicted molar refractivity (Wildman–Crippen MR) is 63.5 cm³/mol. The second kappa shape index (κ2) is 8.12. The summed E-state index contributed by atoms with van der Waals surface area (Å²) < 4.78 is 0. The number of amides is 1. The molecular weight excluding hydrogens is 196 g/mol. The first kappa shape index (κ1) is 13.8. The van der Waals surface area contributed by atoms with Gasteiger partial charge >= 0.3 is 0 Å². The largest absolute Gasteiger partial charge is 0.349 e. The lowest BCUT2D eigenvalue weighted by Gasteiger charge is -2.11. The molecule has 0 fully saturated rings. The molecule has 2 N–H and O–H groups in total. The maximum Gasteiger partial charge on any atom is 0.222 e. The molecule has 1 atom stereocenters. The molecule has 0 heterocycles. The smallest absolute Gasteiger partial charge is 0.222 e. The van der Waals surface area contributed by atoms with Crippen molar-refractivity contribution in [2.75, 3.05) is 26.4 Å². The van der Waals surface area contributed by atoms with Crippen molar-refractivity contribution in [1.82, 2.24) is 4.90 Å². The van der Waals surface area contributed by atoms with Gasteiger partial charge in [-0.3, -0.25) is 4.79 Å². The van der Waals surface area contributed by atoms with Crippen LogP contribution in [0.25, 0.3) is 0 Å². The molecule has 0 aromatic rings. The molecule has 4 heteroatoms. The highest BCUT2D eigenvalue weighted by Crippen LogP contribution is 2.15. The lowest BCUT2D eigenvalue weighted by atomic mass is 10.3. The van der Waals surface area contributed by atoms with E-state index in [1.807, 2.05) is 11.8 Å². The van der Waals surface area contributed by atoms with Crippen molar-refractivity contribution < 1.29 is 4.79 Å². The first-order valence-electron chi connectivity index (χ1n) is 5.09. The van der Waals surface area contributed by atoms with E-state index < -0.39 is 0 Å². The minimum atomic E-state index is 0.220. The van der Waals surface area contributed by atoms with Crippen LogP contribution in [0.3, 0.4) is 0 Å². The molecule has 0 radical (unpaired) electrons. The fourth-order valence-electron chi connectivity index (χ4n) is 1.05. The van der Waals surface area contributed by atoms with Crippen molar-refractivity contribution in [3.63, 3.8) is 0 Å². The summed E-state index contributed by atoms with van der Waals surface area (Å²) in [5.74, 6) is 1.28. The summed E-state index contributed by atoms with van der Waals surface area (Å²) in [4.78, 5) is 12.9. The zero-order chi connectivity index (χ0) is 11.0. The second-order valence-corrected chi connectivity index (χ2v) is 5.20. The van der Waals surface area contributed by atoms with Crippen LogP contribution in [0.2, 0.25) is 0 Å². The van der Waals surface area contributed by atoms with Gasteiger partial charge in [0.1, 0.15) is 0 Å². The van der Waals surface area contributed by atoms with E-state index in [-0.39, 0.29) is 5.91 Å². The average Bonchev–Trinajstić information content (AvgIpc) is 2.12. The minimum absolute atomic E-state index is 0.220. The minimum Gasteiger partial charge on any atom is -0.349 e. The Morgan fingerprint density at radius 1 is 1.50 bits per heavy atom. The molecule has 84 valence electrons. The van der Waals surface area contributed by atoms with Gasteiger partial charge < -0.3 is 10.6 Å². The van der Waals surface area contributed by atoms with Crippen LogP contribution in [0, 0.1) is 0 Å². The Morgan fingerprint density at radius 2 is 2.14 bits per heavy atom. The highest BCUT2D eigenvalue weighted by Gasteiger charge is 2.04. The van der Waals surface area contributed by atoms with E-state index in [1.165, 1.54) is 0 Å². The predicted octanol–water partition coefficient (Wildman–Crippen LogP) is 1.33. The van der Waals surface area contributed by atoms with Crippen molar-refractivity contribution in [2.24, 2.45) is 5.73 Å². The molecule has 0 aliphatic rings. The van der Waals surface area contributed by atoms with Crippen molar-refractivity contribution in [3.8, 4) is 0 Å².